The minimum absolute atomic E-state index is 0.266. The molecule has 10 heteroatoms. The number of rotatable bonds is 6. The van der Waals surface area contributed by atoms with Gasteiger partial charge in [0.05, 0.1) is 5.69 Å². The molecule has 2 aromatic heterocycles. The minimum atomic E-state index is -4.05. The monoisotopic (exact) mass is 453 g/mol. The van der Waals surface area contributed by atoms with Crippen LogP contribution in [0.5, 0.6) is 11.6 Å². The van der Waals surface area contributed by atoms with Crippen molar-refractivity contribution >= 4 is 15.7 Å². The molecular formula is C22H20FN5O3S. The molecule has 4 aromatic rings. The van der Waals surface area contributed by atoms with Crippen LogP contribution in [0.1, 0.15) is 17.0 Å². The lowest BCUT2D eigenvalue weighted by atomic mass is 10.2. The van der Waals surface area contributed by atoms with Crippen LogP contribution in [-0.4, -0.2) is 28.2 Å². The quantitative estimate of drug-likeness (QED) is 0.467. The number of aryl methyl sites for hydroxylation is 1. The number of nitrogens with zero attached hydrogens (tertiary/aromatic N) is 4. The minimum Gasteiger partial charge on any atom is -0.439 e. The number of nitrogens with one attached hydrogen (secondary N) is 1. The van der Waals surface area contributed by atoms with Crippen LogP contribution in [0, 0.1) is 26.6 Å². The molecule has 0 bridgehead atoms. The molecule has 0 amide bonds. The van der Waals surface area contributed by atoms with Gasteiger partial charge in [0.15, 0.2) is 5.82 Å². The summed E-state index contributed by atoms with van der Waals surface area (Å²) in [5.74, 6) is 0.489. The maximum atomic E-state index is 13.8. The number of anilines is 1. The first-order chi connectivity index (χ1) is 15.2. The molecule has 2 aromatic carbocycles. The summed E-state index contributed by atoms with van der Waals surface area (Å²) in [4.78, 5) is 7.96. The van der Waals surface area contributed by atoms with Gasteiger partial charge in [0, 0.05) is 17.4 Å². The first-order valence-corrected chi connectivity index (χ1v) is 11.1. The standard InChI is InChI=1S/C22H20FN5O3S/c1-14-15(2)26-28(16(14)3)21-12-22(25-13-24-21)31-18-10-8-17(9-11-18)27-32(29,30)20-7-5-4-6-19(20)23/h4-13,27H,1-3H3. The van der Waals surface area contributed by atoms with Crippen molar-refractivity contribution in [3.63, 3.8) is 0 Å². The maximum Gasteiger partial charge on any atom is 0.264 e. The van der Waals surface area contributed by atoms with Gasteiger partial charge in [-0.1, -0.05) is 12.1 Å². The molecule has 0 unspecified atom stereocenters. The average Bonchev–Trinajstić information content (AvgIpc) is 3.03. The number of aromatic nitrogens is 4. The molecule has 0 atom stereocenters. The number of hydrogen-bond acceptors (Lipinski definition) is 6. The van der Waals surface area contributed by atoms with Crippen molar-refractivity contribution in [2.24, 2.45) is 0 Å². The van der Waals surface area contributed by atoms with E-state index in [-0.39, 0.29) is 5.69 Å². The van der Waals surface area contributed by atoms with Gasteiger partial charge in [-0.2, -0.15) is 5.10 Å². The van der Waals surface area contributed by atoms with Crippen LogP contribution >= 0.6 is 0 Å². The Bertz CT molecular complexity index is 1390. The highest BCUT2D eigenvalue weighted by atomic mass is 32.2. The zero-order chi connectivity index (χ0) is 22.9. The highest BCUT2D eigenvalue weighted by Gasteiger charge is 2.18. The van der Waals surface area contributed by atoms with Gasteiger partial charge in [0.1, 0.15) is 22.8 Å². The molecule has 0 radical (unpaired) electrons. The molecular weight excluding hydrogens is 433 g/mol. The fraction of sp³-hybridized carbons (Fsp3) is 0.136. The van der Waals surface area contributed by atoms with Crippen molar-refractivity contribution in [2.75, 3.05) is 4.72 Å². The Balaban J connectivity index is 1.51. The van der Waals surface area contributed by atoms with Crippen LogP contribution in [0.25, 0.3) is 5.82 Å². The van der Waals surface area contributed by atoms with Crippen molar-refractivity contribution in [1.82, 2.24) is 19.7 Å². The Morgan fingerprint density at radius 2 is 1.72 bits per heavy atom. The van der Waals surface area contributed by atoms with Crippen LogP contribution in [0.3, 0.4) is 0 Å². The predicted molar refractivity (Wildman–Crippen MR) is 117 cm³/mol. The van der Waals surface area contributed by atoms with Crippen LogP contribution in [-0.2, 0) is 10.0 Å². The summed E-state index contributed by atoms with van der Waals surface area (Å²) in [6, 6.07) is 13.0. The third kappa shape index (κ3) is 4.30. The van der Waals surface area contributed by atoms with E-state index in [2.05, 4.69) is 19.8 Å². The van der Waals surface area contributed by atoms with Crippen molar-refractivity contribution < 1.29 is 17.5 Å². The van der Waals surface area contributed by atoms with Crippen molar-refractivity contribution in [3.05, 3.63) is 83.7 Å². The molecule has 0 fully saturated rings. The summed E-state index contributed by atoms with van der Waals surface area (Å²) >= 11 is 0. The van der Waals surface area contributed by atoms with Crippen LogP contribution in [0.15, 0.2) is 65.8 Å². The first kappa shape index (κ1) is 21.4. The lowest BCUT2D eigenvalue weighted by Gasteiger charge is -2.10. The number of benzene rings is 2. The molecule has 4 rings (SSSR count). The van der Waals surface area contributed by atoms with E-state index in [1.54, 1.807) is 22.9 Å². The van der Waals surface area contributed by atoms with Crippen molar-refractivity contribution in [1.29, 1.82) is 0 Å². The molecule has 0 aliphatic carbocycles. The van der Waals surface area contributed by atoms with E-state index >= 15 is 0 Å². The molecule has 0 spiro atoms. The van der Waals surface area contributed by atoms with Gasteiger partial charge in [0.2, 0.25) is 5.88 Å². The topological polar surface area (TPSA) is 99.0 Å². The third-order valence-corrected chi connectivity index (χ3v) is 6.37. The molecule has 32 heavy (non-hydrogen) atoms. The Hall–Kier alpha value is -3.79. The molecule has 0 saturated heterocycles. The van der Waals surface area contributed by atoms with Gasteiger partial charge in [-0.25, -0.2) is 27.5 Å². The Morgan fingerprint density at radius 1 is 1.00 bits per heavy atom. The van der Waals surface area contributed by atoms with E-state index in [1.807, 2.05) is 20.8 Å². The van der Waals surface area contributed by atoms with Gasteiger partial charge in [-0.3, -0.25) is 4.72 Å². The molecule has 164 valence electrons. The lowest BCUT2D eigenvalue weighted by Crippen LogP contribution is -2.14. The van der Waals surface area contributed by atoms with E-state index in [9.17, 15) is 12.8 Å². The van der Waals surface area contributed by atoms with E-state index in [1.165, 1.54) is 36.7 Å². The van der Waals surface area contributed by atoms with Gasteiger partial charge in [-0.05, 0) is 62.7 Å². The largest absolute Gasteiger partial charge is 0.439 e. The average molecular weight is 453 g/mol. The zero-order valence-corrected chi connectivity index (χ0v) is 18.4. The summed E-state index contributed by atoms with van der Waals surface area (Å²) < 4.78 is 48.5. The van der Waals surface area contributed by atoms with Crippen LogP contribution < -0.4 is 9.46 Å². The van der Waals surface area contributed by atoms with E-state index < -0.39 is 20.7 Å². The summed E-state index contributed by atoms with van der Waals surface area (Å²) in [7, 11) is -4.05. The maximum absolute atomic E-state index is 13.8. The van der Waals surface area contributed by atoms with Crippen molar-refractivity contribution in [2.45, 2.75) is 25.7 Å². The molecule has 2 heterocycles. The van der Waals surface area contributed by atoms with Gasteiger partial charge in [0.25, 0.3) is 10.0 Å². The number of halogens is 1. The number of sulfonamides is 1. The van der Waals surface area contributed by atoms with Gasteiger partial charge < -0.3 is 4.74 Å². The van der Waals surface area contributed by atoms with E-state index in [4.69, 9.17) is 4.74 Å². The highest BCUT2D eigenvalue weighted by Crippen LogP contribution is 2.25. The second-order valence-corrected chi connectivity index (χ2v) is 8.74. The fourth-order valence-electron chi connectivity index (χ4n) is 3.03. The van der Waals surface area contributed by atoms with Gasteiger partial charge >= 0.3 is 0 Å². The summed E-state index contributed by atoms with van der Waals surface area (Å²) in [5.41, 5.74) is 3.23. The van der Waals surface area contributed by atoms with Crippen LogP contribution in [0.4, 0.5) is 10.1 Å². The smallest absolute Gasteiger partial charge is 0.264 e. The van der Waals surface area contributed by atoms with Crippen LogP contribution in [0.2, 0.25) is 0 Å². The molecule has 1 N–H and O–H groups in total. The van der Waals surface area contributed by atoms with E-state index in [0.29, 0.717) is 17.4 Å². The van der Waals surface area contributed by atoms with Crippen molar-refractivity contribution in [3.8, 4) is 17.4 Å². The molecule has 8 nitrogen and oxygen atoms in total. The highest BCUT2D eigenvalue weighted by molar-refractivity contribution is 7.92. The SMILES string of the molecule is Cc1nn(-c2cc(Oc3ccc(NS(=O)(=O)c4ccccc4F)cc3)ncn2)c(C)c1C. The van der Waals surface area contributed by atoms with E-state index in [0.717, 1.165) is 23.0 Å². The van der Waals surface area contributed by atoms with Gasteiger partial charge in [-0.15, -0.1) is 0 Å². The number of hydrogen-bond donors (Lipinski definition) is 1. The zero-order valence-electron chi connectivity index (χ0n) is 17.6. The molecule has 0 aliphatic rings. The Morgan fingerprint density at radius 3 is 2.38 bits per heavy atom. The summed E-state index contributed by atoms with van der Waals surface area (Å²) in [5, 5.41) is 4.48. The molecule has 0 aliphatic heterocycles. The summed E-state index contributed by atoms with van der Waals surface area (Å²) in [6.45, 7) is 5.88. The third-order valence-electron chi connectivity index (χ3n) is 4.95. The number of ether oxygens (including phenoxy) is 1. The second-order valence-electron chi connectivity index (χ2n) is 7.08. The fourth-order valence-corrected chi connectivity index (χ4v) is 4.17. The first-order valence-electron chi connectivity index (χ1n) is 9.65. The Labute approximate surface area is 184 Å². The predicted octanol–water partition coefficient (Wildman–Crippen LogP) is 4.32. The Kier molecular flexibility index (Phi) is 5.62. The lowest BCUT2D eigenvalue weighted by molar-refractivity contribution is 0.460. The normalized spacial score (nSPS) is 11.4. The summed E-state index contributed by atoms with van der Waals surface area (Å²) in [6.07, 6.45) is 1.38. The second kappa shape index (κ2) is 8.39. The molecule has 0 saturated carbocycles.